The fourth-order valence-corrected chi connectivity index (χ4v) is 3.68. The van der Waals surface area contributed by atoms with Crippen LogP contribution in [0.25, 0.3) is 0 Å². The Bertz CT molecular complexity index is 570. The normalized spacial score (nSPS) is 20.5. The molecule has 0 aliphatic carbocycles. The van der Waals surface area contributed by atoms with Crippen LogP contribution in [0.5, 0.6) is 0 Å². The van der Waals surface area contributed by atoms with Crippen LogP contribution in [0.3, 0.4) is 0 Å². The zero-order valence-corrected chi connectivity index (χ0v) is 11.4. The van der Waals surface area contributed by atoms with Crippen LogP contribution in [-0.2, 0) is 10.0 Å². The topological polar surface area (TPSA) is 82.0 Å². The Kier molecular flexibility index (Phi) is 4.53. The molecule has 2 rings (SSSR count). The Hall–Kier alpha value is -1.42. The Morgan fingerprint density at radius 1 is 1.26 bits per heavy atom. The van der Waals surface area contributed by atoms with Crippen molar-refractivity contribution in [1.29, 1.82) is 5.26 Å². The van der Waals surface area contributed by atoms with E-state index >= 15 is 0 Å². The van der Waals surface area contributed by atoms with Gasteiger partial charge in [0.2, 0.25) is 10.0 Å². The predicted octanol–water partition coefficient (Wildman–Crippen LogP) is 0.979. The van der Waals surface area contributed by atoms with Crippen LogP contribution in [0, 0.1) is 11.3 Å². The molecule has 1 fully saturated rings. The van der Waals surface area contributed by atoms with Gasteiger partial charge in [-0.15, -0.1) is 0 Å². The lowest BCUT2D eigenvalue weighted by molar-refractivity contribution is 0.518. The van der Waals surface area contributed by atoms with Crippen molar-refractivity contribution >= 4 is 10.0 Å². The number of nitriles is 1. The van der Waals surface area contributed by atoms with Crippen molar-refractivity contribution < 1.29 is 8.42 Å². The third-order valence-electron chi connectivity index (χ3n) is 3.19. The summed E-state index contributed by atoms with van der Waals surface area (Å²) in [6.07, 6.45) is 2.54. The van der Waals surface area contributed by atoms with Gasteiger partial charge in [-0.1, -0.05) is 12.1 Å². The zero-order chi connectivity index (χ0) is 13.7. The highest BCUT2D eigenvalue weighted by Gasteiger charge is 2.23. The fourth-order valence-electron chi connectivity index (χ4n) is 2.21. The molecule has 1 atom stereocenters. The second-order valence-corrected chi connectivity index (χ2v) is 6.29. The van der Waals surface area contributed by atoms with Gasteiger partial charge in [0.15, 0.2) is 0 Å². The van der Waals surface area contributed by atoms with Crippen molar-refractivity contribution in [3.8, 4) is 6.07 Å². The van der Waals surface area contributed by atoms with Crippen molar-refractivity contribution in [3.05, 3.63) is 29.8 Å². The fraction of sp³-hybridized carbons (Fsp3) is 0.462. The average Bonchev–Trinajstić information content (AvgIpc) is 2.67. The van der Waals surface area contributed by atoms with Gasteiger partial charge in [-0.05, 0) is 44.5 Å². The molecule has 1 heterocycles. The first-order valence-corrected chi connectivity index (χ1v) is 7.84. The summed E-state index contributed by atoms with van der Waals surface area (Å²) >= 11 is 0. The number of hydrogen-bond acceptors (Lipinski definition) is 4. The molecule has 5 nitrogen and oxygen atoms in total. The molecule has 102 valence electrons. The summed E-state index contributed by atoms with van der Waals surface area (Å²) in [6.45, 7) is 1.74. The van der Waals surface area contributed by atoms with Crippen molar-refractivity contribution in [3.63, 3.8) is 0 Å². The molecular weight excluding hydrogens is 262 g/mol. The Labute approximate surface area is 113 Å². The molecule has 0 radical (unpaired) electrons. The summed E-state index contributed by atoms with van der Waals surface area (Å²) in [7, 11) is -3.62. The average molecular weight is 279 g/mol. The lowest BCUT2D eigenvalue weighted by Crippen LogP contribution is -2.35. The van der Waals surface area contributed by atoms with Gasteiger partial charge in [-0.25, -0.2) is 13.1 Å². The van der Waals surface area contributed by atoms with Crippen LogP contribution in [-0.4, -0.2) is 27.5 Å². The van der Waals surface area contributed by atoms with Gasteiger partial charge in [0.25, 0.3) is 0 Å². The second kappa shape index (κ2) is 6.15. The number of benzene rings is 1. The van der Waals surface area contributed by atoms with E-state index in [4.69, 9.17) is 5.26 Å². The van der Waals surface area contributed by atoms with Crippen LogP contribution < -0.4 is 10.0 Å². The maximum atomic E-state index is 12.3. The summed E-state index contributed by atoms with van der Waals surface area (Å²) in [5, 5.41) is 12.2. The Balaban J connectivity index is 2.20. The van der Waals surface area contributed by atoms with Crippen LogP contribution in [0.4, 0.5) is 0 Å². The molecule has 1 aromatic carbocycles. The van der Waals surface area contributed by atoms with E-state index in [0.717, 1.165) is 32.4 Å². The second-order valence-electron chi connectivity index (χ2n) is 4.61. The first-order chi connectivity index (χ1) is 9.13. The quantitative estimate of drug-likeness (QED) is 0.864. The van der Waals surface area contributed by atoms with E-state index in [-0.39, 0.29) is 16.5 Å². The standard InChI is InChI=1S/C13H17N3O2S/c14-10-11-4-1-2-6-13(11)19(17,18)16-12-5-3-8-15-9-7-12/h1-2,4,6,12,15-16H,3,5,7-9H2. The van der Waals surface area contributed by atoms with Gasteiger partial charge in [0.05, 0.1) is 10.5 Å². The molecule has 1 aliphatic heterocycles. The van der Waals surface area contributed by atoms with Gasteiger partial charge in [-0.2, -0.15) is 5.26 Å². The molecule has 0 saturated carbocycles. The first-order valence-electron chi connectivity index (χ1n) is 6.35. The summed E-state index contributed by atoms with van der Waals surface area (Å²) < 4.78 is 27.3. The third kappa shape index (κ3) is 3.53. The highest BCUT2D eigenvalue weighted by molar-refractivity contribution is 7.89. The predicted molar refractivity (Wildman–Crippen MR) is 72.0 cm³/mol. The number of rotatable bonds is 3. The molecule has 0 spiro atoms. The monoisotopic (exact) mass is 279 g/mol. The van der Waals surface area contributed by atoms with Gasteiger partial charge in [0, 0.05) is 6.04 Å². The van der Waals surface area contributed by atoms with Crippen LogP contribution in [0.2, 0.25) is 0 Å². The summed E-state index contributed by atoms with van der Waals surface area (Å²) in [5.74, 6) is 0. The van der Waals surface area contributed by atoms with E-state index in [2.05, 4.69) is 10.0 Å². The lowest BCUT2D eigenvalue weighted by Gasteiger charge is -2.16. The molecule has 1 unspecified atom stereocenters. The molecule has 6 heteroatoms. The Morgan fingerprint density at radius 3 is 2.84 bits per heavy atom. The third-order valence-corrected chi connectivity index (χ3v) is 4.77. The smallest absolute Gasteiger partial charge is 0.242 e. The first kappa shape index (κ1) is 14.0. The van der Waals surface area contributed by atoms with E-state index in [1.807, 2.05) is 6.07 Å². The van der Waals surface area contributed by atoms with Crippen LogP contribution >= 0.6 is 0 Å². The minimum absolute atomic E-state index is 0.0632. The summed E-state index contributed by atoms with van der Waals surface area (Å²) in [5.41, 5.74) is 0.182. The lowest BCUT2D eigenvalue weighted by atomic mass is 10.1. The molecule has 0 aromatic heterocycles. The minimum Gasteiger partial charge on any atom is -0.317 e. The Morgan fingerprint density at radius 2 is 2.05 bits per heavy atom. The molecule has 0 amide bonds. The molecule has 1 aromatic rings. The van der Waals surface area contributed by atoms with E-state index in [0.29, 0.717) is 0 Å². The van der Waals surface area contributed by atoms with Crippen molar-refractivity contribution in [2.24, 2.45) is 0 Å². The van der Waals surface area contributed by atoms with Gasteiger partial charge < -0.3 is 5.32 Å². The zero-order valence-electron chi connectivity index (χ0n) is 10.6. The van der Waals surface area contributed by atoms with Crippen molar-refractivity contribution in [2.75, 3.05) is 13.1 Å². The van der Waals surface area contributed by atoms with Crippen LogP contribution in [0.15, 0.2) is 29.2 Å². The van der Waals surface area contributed by atoms with Gasteiger partial charge in [-0.3, -0.25) is 0 Å². The summed E-state index contributed by atoms with van der Waals surface area (Å²) in [6, 6.07) is 8.13. The number of nitrogens with zero attached hydrogens (tertiary/aromatic N) is 1. The number of hydrogen-bond donors (Lipinski definition) is 2. The molecular formula is C13H17N3O2S. The van der Waals surface area contributed by atoms with E-state index in [1.165, 1.54) is 12.1 Å². The number of sulfonamides is 1. The SMILES string of the molecule is N#Cc1ccccc1S(=O)(=O)NC1CCCNCC1. The number of nitrogens with one attached hydrogen (secondary N) is 2. The maximum absolute atomic E-state index is 12.3. The van der Waals surface area contributed by atoms with Crippen molar-refractivity contribution in [1.82, 2.24) is 10.0 Å². The largest absolute Gasteiger partial charge is 0.317 e. The maximum Gasteiger partial charge on any atom is 0.242 e. The molecule has 19 heavy (non-hydrogen) atoms. The highest BCUT2D eigenvalue weighted by Crippen LogP contribution is 2.16. The van der Waals surface area contributed by atoms with E-state index in [9.17, 15) is 8.42 Å². The van der Waals surface area contributed by atoms with E-state index < -0.39 is 10.0 Å². The molecule has 1 aliphatic rings. The van der Waals surface area contributed by atoms with Crippen molar-refractivity contribution in [2.45, 2.75) is 30.2 Å². The minimum atomic E-state index is -3.62. The van der Waals surface area contributed by atoms with Crippen LogP contribution in [0.1, 0.15) is 24.8 Å². The van der Waals surface area contributed by atoms with Gasteiger partial charge in [0.1, 0.15) is 6.07 Å². The van der Waals surface area contributed by atoms with E-state index in [1.54, 1.807) is 12.1 Å². The highest BCUT2D eigenvalue weighted by atomic mass is 32.2. The summed E-state index contributed by atoms with van der Waals surface area (Å²) in [4.78, 5) is 0.0645. The van der Waals surface area contributed by atoms with Gasteiger partial charge >= 0.3 is 0 Å². The molecule has 2 N–H and O–H groups in total. The molecule has 0 bridgehead atoms. The molecule has 1 saturated heterocycles.